The normalized spacial score (nSPS) is 15.1. The summed E-state index contributed by atoms with van der Waals surface area (Å²) in [5, 5.41) is 1.26. The van der Waals surface area contributed by atoms with E-state index < -0.39 is 7.55 Å². The zero-order chi connectivity index (χ0) is 10.4. The van der Waals surface area contributed by atoms with Gasteiger partial charge in [0.2, 0.25) is 0 Å². The lowest BCUT2D eigenvalue weighted by molar-refractivity contribution is 0.761. The molecular weight excluding hydrogens is 210 g/mol. The van der Waals surface area contributed by atoms with E-state index in [2.05, 4.69) is 30.6 Å². The number of hydrogen-bond donors (Lipinski definition) is 1. The van der Waals surface area contributed by atoms with Gasteiger partial charge in [0.25, 0.3) is 7.55 Å². The third kappa shape index (κ3) is 3.44. The minimum absolute atomic E-state index is 1.03. The maximum absolute atomic E-state index is 6.53. The van der Waals surface area contributed by atoms with Crippen LogP contribution in [0.15, 0.2) is 30.3 Å². The molecule has 0 spiro atoms. The number of unbranched alkanes of at least 4 members (excludes halogenated alkanes) is 1. The van der Waals surface area contributed by atoms with Crippen molar-refractivity contribution in [2.24, 2.45) is 0 Å². The molecule has 0 fully saturated rings. The summed E-state index contributed by atoms with van der Waals surface area (Å²) in [4.78, 5) is 3.48. The molecule has 1 aromatic carbocycles. The number of benzene rings is 1. The lowest BCUT2D eigenvalue weighted by atomic mass is 10.3. The monoisotopic (exact) mass is 227 g/mol. The summed E-state index contributed by atoms with van der Waals surface area (Å²) in [5.74, 6) is 0. The van der Waals surface area contributed by atoms with Crippen molar-refractivity contribution in [3.63, 3.8) is 0 Å². The fourth-order valence-electron chi connectivity index (χ4n) is 1.35. The van der Waals surface area contributed by atoms with Gasteiger partial charge in [-0.05, 0) is 24.7 Å². The van der Waals surface area contributed by atoms with Gasteiger partial charge in [-0.3, -0.25) is 0 Å². The number of halogens is 1. The van der Waals surface area contributed by atoms with Gasteiger partial charge in [-0.2, -0.15) is 0 Å². The minimum Gasteiger partial charge on any atom is -0.322 e. The van der Waals surface area contributed by atoms with Crippen molar-refractivity contribution in [2.45, 2.75) is 26.3 Å². The van der Waals surface area contributed by atoms with E-state index in [0.717, 1.165) is 6.54 Å². The zero-order valence-electron chi connectivity index (χ0n) is 8.89. The summed E-state index contributed by atoms with van der Waals surface area (Å²) in [6.07, 6.45) is 2.41. The molecule has 0 heterocycles. The van der Waals surface area contributed by atoms with Gasteiger partial charge in [0.05, 0.1) is 0 Å². The molecule has 1 rings (SSSR count). The van der Waals surface area contributed by atoms with E-state index in [1.54, 1.807) is 0 Å². The van der Waals surface area contributed by atoms with Crippen LogP contribution in [-0.4, -0.2) is 14.1 Å². The molecule has 0 amide bonds. The highest BCUT2D eigenvalue weighted by molar-refractivity contribution is 7.25. The molecule has 0 bridgehead atoms. The van der Waals surface area contributed by atoms with E-state index in [1.807, 2.05) is 18.2 Å². The summed E-state index contributed by atoms with van der Waals surface area (Å²) in [6.45, 7) is 5.36. The van der Waals surface area contributed by atoms with Gasteiger partial charge >= 0.3 is 0 Å². The highest BCUT2D eigenvalue weighted by atomic mass is 35.6. The van der Waals surface area contributed by atoms with Gasteiger partial charge < -0.3 is 4.98 Å². The highest BCUT2D eigenvalue weighted by Gasteiger charge is 2.25. The largest absolute Gasteiger partial charge is 0.322 e. The maximum Gasteiger partial charge on any atom is 0.254 e. The molecular formula is C11H18ClNSi. The van der Waals surface area contributed by atoms with Gasteiger partial charge in [-0.15, -0.1) is 11.1 Å². The Kier molecular flexibility index (Phi) is 4.65. The van der Waals surface area contributed by atoms with E-state index in [9.17, 15) is 0 Å². The third-order valence-corrected chi connectivity index (χ3v) is 5.69. The van der Waals surface area contributed by atoms with Crippen LogP contribution in [0.1, 0.15) is 19.8 Å². The predicted molar refractivity (Wildman–Crippen MR) is 66.5 cm³/mol. The summed E-state index contributed by atoms with van der Waals surface area (Å²) in [6, 6.07) is 10.3. The molecule has 1 N–H and O–H groups in total. The Bertz CT molecular complexity index is 261. The standard InChI is InChI=1S/C11H18ClNSi/c1-3-4-10-13-14(2,12)11-8-6-5-7-9-11/h5-9,13H,3-4,10H2,1-2H3. The van der Waals surface area contributed by atoms with Crippen LogP contribution < -0.4 is 10.2 Å². The van der Waals surface area contributed by atoms with Crippen LogP contribution in [0.3, 0.4) is 0 Å². The van der Waals surface area contributed by atoms with Crippen molar-refractivity contribution in [1.29, 1.82) is 0 Å². The maximum atomic E-state index is 6.53. The Hall–Kier alpha value is -0.313. The molecule has 1 aromatic rings. The summed E-state index contributed by atoms with van der Waals surface area (Å²) < 4.78 is 0. The molecule has 0 aliphatic carbocycles. The number of nitrogens with one attached hydrogen (secondary N) is 1. The van der Waals surface area contributed by atoms with Gasteiger partial charge in [0, 0.05) is 0 Å². The molecule has 1 atom stereocenters. The van der Waals surface area contributed by atoms with E-state index in [1.165, 1.54) is 18.0 Å². The van der Waals surface area contributed by atoms with Crippen molar-refractivity contribution in [2.75, 3.05) is 6.54 Å². The van der Waals surface area contributed by atoms with Crippen molar-refractivity contribution in [3.05, 3.63) is 30.3 Å². The quantitative estimate of drug-likeness (QED) is 0.463. The molecule has 0 aliphatic heterocycles. The first-order valence-corrected chi connectivity index (χ1v) is 8.67. The topological polar surface area (TPSA) is 12.0 Å². The van der Waals surface area contributed by atoms with E-state index in [-0.39, 0.29) is 0 Å². The first kappa shape index (κ1) is 11.8. The fraction of sp³-hybridized carbons (Fsp3) is 0.455. The van der Waals surface area contributed by atoms with Crippen molar-refractivity contribution in [1.82, 2.24) is 4.98 Å². The first-order chi connectivity index (χ1) is 6.67. The third-order valence-electron chi connectivity index (χ3n) is 2.30. The summed E-state index contributed by atoms with van der Waals surface area (Å²) >= 11 is 6.53. The molecule has 0 radical (unpaired) electrons. The SMILES string of the molecule is CCCCN[Si](C)(Cl)c1ccccc1. The van der Waals surface area contributed by atoms with E-state index in [4.69, 9.17) is 11.1 Å². The molecule has 0 aliphatic rings. The zero-order valence-corrected chi connectivity index (χ0v) is 10.6. The molecule has 1 nitrogen and oxygen atoms in total. The fourth-order valence-corrected chi connectivity index (χ4v) is 3.68. The average Bonchev–Trinajstić information content (AvgIpc) is 2.19. The summed E-state index contributed by atoms with van der Waals surface area (Å²) in [5.41, 5.74) is 0. The lowest BCUT2D eigenvalue weighted by Gasteiger charge is -2.21. The molecule has 14 heavy (non-hydrogen) atoms. The lowest BCUT2D eigenvalue weighted by Crippen LogP contribution is -2.53. The van der Waals surface area contributed by atoms with E-state index in [0.29, 0.717) is 0 Å². The number of hydrogen-bond acceptors (Lipinski definition) is 1. The first-order valence-electron chi connectivity index (χ1n) is 5.16. The molecule has 3 heteroatoms. The van der Waals surface area contributed by atoms with E-state index >= 15 is 0 Å². The second kappa shape index (κ2) is 5.54. The van der Waals surface area contributed by atoms with Gasteiger partial charge in [0.1, 0.15) is 0 Å². The smallest absolute Gasteiger partial charge is 0.254 e. The molecule has 78 valence electrons. The van der Waals surface area contributed by atoms with Crippen LogP contribution >= 0.6 is 11.1 Å². The molecule has 0 saturated heterocycles. The Labute approximate surface area is 92.3 Å². The highest BCUT2D eigenvalue weighted by Crippen LogP contribution is 2.05. The van der Waals surface area contributed by atoms with Gasteiger partial charge in [-0.1, -0.05) is 43.7 Å². The number of rotatable bonds is 5. The predicted octanol–water partition coefficient (Wildman–Crippen LogP) is 2.59. The van der Waals surface area contributed by atoms with Crippen molar-refractivity contribution < 1.29 is 0 Å². The van der Waals surface area contributed by atoms with Crippen LogP contribution in [0.25, 0.3) is 0 Å². The average molecular weight is 228 g/mol. The van der Waals surface area contributed by atoms with Crippen molar-refractivity contribution in [3.8, 4) is 0 Å². The Morgan fingerprint density at radius 2 is 1.93 bits per heavy atom. The van der Waals surface area contributed by atoms with Crippen LogP contribution in [0, 0.1) is 0 Å². The van der Waals surface area contributed by atoms with Gasteiger partial charge in [-0.25, -0.2) is 0 Å². The molecule has 0 aromatic heterocycles. The minimum atomic E-state index is -1.89. The van der Waals surface area contributed by atoms with Crippen molar-refractivity contribution >= 4 is 23.8 Å². The van der Waals surface area contributed by atoms with Crippen LogP contribution in [0.4, 0.5) is 0 Å². The second-order valence-corrected chi connectivity index (χ2v) is 8.85. The summed E-state index contributed by atoms with van der Waals surface area (Å²) in [7, 11) is -1.89. The van der Waals surface area contributed by atoms with Crippen LogP contribution in [-0.2, 0) is 0 Å². The van der Waals surface area contributed by atoms with Crippen LogP contribution in [0.5, 0.6) is 0 Å². The second-order valence-electron chi connectivity index (χ2n) is 3.65. The Morgan fingerprint density at radius 1 is 1.29 bits per heavy atom. The molecule has 1 unspecified atom stereocenters. The molecule has 0 saturated carbocycles. The van der Waals surface area contributed by atoms with Gasteiger partial charge in [0.15, 0.2) is 0 Å². The Morgan fingerprint density at radius 3 is 2.50 bits per heavy atom. The Balaban J connectivity index is 2.56. The van der Waals surface area contributed by atoms with Crippen LogP contribution in [0.2, 0.25) is 6.55 Å².